The van der Waals surface area contributed by atoms with Gasteiger partial charge in [-0.3, -0.25) is 15.2 Å². The molecule has 57 heavy (non-hydrogen) atoms. The van der Waals surface area contributed by atoms with Crippen molar-refractivity contribution in [2.75, 3.05) is 25.0 Å². The van der Waals surface area contributed by atoms with Crippen molar-refractivity contribution in [2.45, 2.75) is 89.8 Å². The zero-order valence-corrected chi connectivity index (χ0v) is 34.5. The standard InChI is InChI=1S/C18H19NO.C13H11N.C7H10F3NO2.C6H15N.CH2Cl2/c20-17-13-7-12-16(17)19-18(14-8-3-1-4-9-14)15-10-5-2-6-11-15;14-13(11-7-3-1-4-8-11)12-9-5-2-6-10-12;8-7(9,10)6(13)11-4-2-1-3-5(4)12;1-4-7(5-2)6-3;2-1-3/h1-6,8-11,16-17,20H,7,12-13H2;1-10,14H;4-5,12H,1-3H2,(H,11,13);4-6H2,1-3H3;1H2/t16-,17-;;4-,5-;;/m1.1../s1. The van der Waals surface area contributed by atoms with Crippen molar-refractivity contribution in [3.05, 3.63) is 144 Å². The van der Waals surface area contributed by atoms with Crippen LogP contribution in [0.5, 0.6) is 0 Å². The molecule has 0 heterocycles. The molecular weight excluding hydrogens is 772 g/mol. The molecule has 4 atom stereocenters. The van der Waals surface area contributed by atoms with Gasteiger partial charge in [-0.05, 0) is 69.3 Å². The molecule has 0 aliphatic heterocycles. The van der Waals surface area contributed by atoms with Gasteiger partial charge in [-0.15, -0.1) is 23.2 Å². The molecule has 0 radical (unpaired) electrons. The second-order valence-electron chi connectivity index (χ2n) is 13.2. The summed E-state index contributed by atoms with van der Waals surface area (Å²) in [6, 6.07) is 39.3. The molecule has 2 aliphatic carbocycles. The molecule has 0 saturated heterocycles. The average molecular weight is 830 g/mol. The maximum absolute atomic E-state index is 11.7. The van der Waals surface area contributed by atoms with E-state index in [4.69, 9.17) is 38.7 Å². The molecule has 2 fully saturated rings. The smallest absolute Gasteiger partial charge is 0.391 e. The number of nitrogens with one attached hydrogen (secondary N) is 2. The van der Waals surface area contributed by atoms with Gasteiger partial charge < -0.3 is 20.4 Å². The third-order valence-corrected chi connectivity index (χ3v) is 9.35. The predicted octanol–water partition coefficient (Wildman–Crippen LogP) is 9.89. The van der Waals surface area contributed by atoms with Crippen molar-refractivity contribution in [3.8, 4) is 0 Å². The van der Waals surface area contributed by atoms with Crippen molar-refractivity contribution in [1.82, 2.24) is 10.2 Å². The molecule has 4 N–H and O–H groups in total. The van der Waals surface area contributed by atoms with Crippen molar-refractivity contribution >= 4 is 40.5 Å². The number of nitrogens with zero attached hydrogens (tertiary/aromatic N) is 2. The monoisotopic (exact) mass is 828 g/mol. The van der Waals surface area contributed by atoms with Crippen molar-refractivity contribution in [1.29, 1.82) is 5.41 Å². The molecule has 0 aromatic heterocycles. The Kier molecular flexibility index (Phi) is 23.7. The molecule has 7 nitrogen and oxygen atoms in total. The summed E-state index contributed by atoms with van der Waals surface area (Å²) in [6.07, 6.45) is -1.59. The Hall–Kier alpha value is -4.06. The fourth-order valence-corrected chi connectivity index (χ4v) is 6.15. The van der Waals surface area contributed by atoms with E-state index >= 15 is 0 Å². The predicted molar refractivity (Wildman–Crippen MR) is 229 cm³/mol. The van der Waals surface area contributed by atoms with Crippen molar-refractivity contribution < 1.29 is 28.2 Å². The van der Waals surface area contributed by atoms with Gasteiger partial charge in [0, 0.05) is 11.1 Å². The van der Waals surface area contributed by atoms with E-state index in [2.05, 4.69) is 49.9 Å². The fraction of sp³-hybridized carbons (Fsp3) is 0.400. The van der Waals surface area contributed by atoms with Crippen LogP contribution < -0.4 is 5.32 Å². The number of hydrogen-bond donors (Lipinski definition) is 4. The molecule has 0 spiro atoms. The largest absolute Gasteiger partial charge is 0.471 e. The van der Waals surface area contributed by atoms with Gasteiger partial charge in [0.25, 0.3) is 0 Å². The number of alkyl halides is 5. The topological polar surface area (TPSA) is 109 Å². The lowest BCUT2D eigenvalue weighted by Gasteiger charge is -2.17. The summed E-state index contributed by atoms with van der Waals surface area (Å²) in [7, 11) is 0. The van der Waals surface area contributed by atoms with Crippen LogP contribution in [0.1, 0.15) is 81.5 Å². The molecule has 2 aliphatic rings. The molecule has 4 aromatic rings. The van der Waals surface area contributed by atoms with Crippen LogP contribution in [0.2, 0.25) is 0 Å². The van der Waals surface area contributed by atoms with E-state index in [9.17, 15) is 23.1 Å². The highest BCUT2D eigenvalue weighted by Crippen LogP contribution is 2.24. The molecule has 0 bridgehead atoms. The number of hydrogen-bond acceptors (Lipinski definition) is 6. The highest BCUT2D eigenvalue weighted by atomic mass is 35.5. The van der Waals surface area contributed by atoms with Crippen LogP contribution in [0, 0.1) is 5.41 Å². The minimum absolute atomic E-state index is 0.0328. The number of aliphatic hydroxyl groups is 2. The number of carbonyl (C=O) groups is 1. The molecule has 2 saturated carbocycles. The Morgan fingerprint density at radius 2 is 1.05 bits per heavy atom. The molecule has 4 aromatic carbocycles. The summed E-state index contributed by atoms with van der Waals surface area (Å²) in [5, 5.41) is 29.1. The molecular formula is C45H57Cl2F3N4O3. The number of rotatable bonds is 9. The van der Waals surface area contributed by atoms with E-state index in [1.54, 1.807) is 5.32 Å². The maximum atomic E-state index is 11.7. The van der Waals surface area contributed by atoms with Crippen LogP contribution in [0.4, 0.5) is 13.2 Å². The van der Waals surface area contributed by atoms with Crippen LogP contribution in [0.15, 0.2) is 126 Å². The number of benzene rings is 4. The first kappa shape index (κ1) is 49.1. The molecule has 1 amide bonds. The van der Waals surface area contributed by atoms with Gasteiger partial charge in [0.15, 0.2) is 0 Å². The Balaban J connectivity index is 0.000000270. The van der Waals surface area contributed by atoms with Crippen LogP contribution in [0.25, 0.3) is 0 Å². The Morgan fingerprint density at radius 1 is 0.684 bits per heavy atom. The zero-order valence-electron chi connectivity index (χ0n) is 33.0. The van der Waals surface area contributed by atoms with Crippen LogP contribution in [0.3, 0.4) is 0 Å². The van der Waals surface area contributed by atoms with Crippen molar-refractivity contribution in [3.63, 3.8) is 0 Å². The Bertz CT molecular complexity index is 1610. The van der Waals surface area contributed by atoms with E-state index in [-0.39, 0.29) is 17.5 Å². The second kappa shape index (κ2) is 27.6. The molecule has 6 rings (SSSR count). The Morgan fingerprint density at radius 3 is 1.35 bits per heavy atom. The minimum atomic E-state index is -4.86. The van der Waals surface area contributed by atoms with Gasteiger partial charge in [-0.1, -0.05) is 142 Å². The quantitative estimate of drug-likeness (QED) is 0.0996. The van der Waals surface area contributed by atoms with Gasteiger partial charge in [-0.2, -0.15) is 13.2 Å². The van der Waals surface area contributed by atoms with Crippen molar-refractivity contribution in [2.24, 2.45) is 4.99 Å². The zero-order chi connectivity index (χ0) is 42.1. The first-order chi connectivity index (χ1) is 27.4. The summed E-state index contributed by atoms with van der Waals surface area (Å²) < 4.78 is 35.2. The lowest BCUT2D eigenvalue weighted by molar-refractivity contribution is -0.174. The summed E-state index contributed by atoms with van der Waals surface area (Å²) in [5.41, 5.74) is 5.69. The van der Waals surface area contributed by atoms with E-state index < -0.39 is 24.2 Å². The number of carbonyl (C=O) groups excluding carboxylic acids is 1. The summed E-state index contributed by atoms with van der Waals surface area (Å²) in [4.78, 5) is 17.7. The average Bonchev–Trinajstić information content (AvgIpc) is 3.85. The molecule has 0 unspecified atom stereocenters. The third-order valence-electron chi connectivity index (χ3n) is 9.35. The normalized spacial score (nSPS) is 18.2. The third kappa shape index (κ3) is 18.4. The lowest BCUT2D eigenvalue weighted by atomic mass is 10.0. The minimum Gasteiger partial charge on any atom is -0.391 e. The van der Waals surface area contributed by atoms with E-state index in [1.807, 2.05) is 97.1 Å². The fourth-order valence-electron chi connectivity index (χ4n) is 6.15. The van der Waals surface area contributed by atoms with Crippen LogP contribution >= 0.6 is 23.2 Å². The van der Waals surface area contributed by atoms with Gasteiger partial charge in [0.05, 0.1) is 41.1 Å². The highest BCUT2D eigenvalue weighted by molar-refractivity contribution is 6.40. The number of aliphatic imine (C=N–C) groups is 1. The second-order valence-corrected chi connectivity index (χ2v) is 14.0. The summed E-state index contributed by atoms with van der Waals surface area (Å²) in [5.74, 6) is -1.97. The lowest BCUT2D eigenvalue weighted by Crippen LogP contribution is -2.46. The summed E-state index contributed by atoms with van der Waals surface area (Å²) >= 11 is 9.53. The Labute approximate surface area is 346 Å². The summed E-state index contributed by atoms with van der Waals surface area (Å²) in [6.45, 7) is 10.1. The van der Waals surface area contributed by atoms with Crippen LogP contribution in [-0.4, -0.2) is 87.9 Å². The maximum Gasteiger partial charge on any atom is 0.471 e. The van der Waals surface area contributed by atoms with E-state index in [0.717, 1.165) is 47.2 Å². The van der Waals surface area contributed by atoms with Gasteiger partial charge in [-0.25, -0.2) is 0 Å². The van der Waals surface area contributed by atoms with Gasteiger partial charge >= 0.3 is 12.1 Å². The van der Waals surface area contributed by atoms with Crippen LogP contribution in [-0.2, 0) is 4.79 Å². The molecule has 310 valence electrons. The first-order valence-corrected chi connectivity index (χ1v) is 20.4. The van der Waals surface area contributed by atoms with Gasteiger partial charge in [0.2, 0.25) is 0 Å². The SMILES string of the molecule is CCN(CC)CC.ClCCl.N=C(c1ccccc1)c1ccccc1.O=C(N[C@@H]1CCC[C@H]1O)C(F)(F)F.O[C@@H]1CCC[C@H]1N=C(c1ccccc1)c1ccccc1. The molecule has 12 heteroatoms. The van der Waals surface area contributed by atoms with E-state index in [0.29, 0.717) is 25.0 Å². The number of halogens is 5. The van der Waals surface area contributed by atoms with Gasteiger partial charge in [0.1, 0.15) is 0 Å². The van der Waals surface area contributed by atoms with E-state index in [1.165, 1.54) is 19.6 Å². The number of aliphatic hydroxyl groups excluding tert-OH is 2. The number of amides is 1. The highest BCUT2D eigenvalue weighted by Gasteiger charge is 2.41. The first-order valence-electron chi connectivity index (χ1n) is 19.4.